The minimum atomic E-state index is -3.50. The number of unbranched alkanes of at least 4 members (excludes halogenated alkanes) is 1. The summed E-state index contributed by atoms with van der Waals surface area (Å²) >= 11 is 0. The number of carboxylic acids is 1. The molecule has 1 aliphatic rings. The van der Waals surface area contributed by atoms with E-state index < -0.39 is 16.0 Å². The van der Waals surface area contributed by atoms with Gasteiger partial charge in [-0.05, 0) is 55.9 Å². The van der Waals surface area contributed by atoms with Gasteiger partial charge in [0.15, 0.2) is 0 Å². The largest absolute Gasteiger partial charge is 0.481 e. The molecule has 1 aromatic rings. The highest BCUT2D eigenvalue weighted by molar-refractivity contribution is 7.89. The van der Waals surface area contributed by atoms with Crippen LogP contribution < -0.4 is 10.0 Å². The van der Waals surface area contributed by atoms with E-state index in [0.717, 1.165) is 12.8 Å². The first-order chi connectivity index (χ1) is 11.4. The average Bonchev–Trinajstić information content (AvgIpc) is 3.34. The first-order valence-corrected chi connectivity index (χ1v) is 9.46. The molecule has 0 radical (unpaired) electrons. The lowest BCUT2D eigenvalue weighted by Gasteiger charge is -2.08. The SMILES string of the molecule is O=C(O)CCCCC(=O)Nc1ccc(S(=O)(=O)NCC2CC2)cc1. The van der Waals surface area contributed by atoms with Crippen molar-refractivity contribution in [3.05, 3.63) is 24.3 Å². The predicted octanol–water partition coefficient (Wildman–Crippen LogP) is 1.96. The zero-order valence-corrected chi connectivity index (χ0v) is 14.1. The van der Waals surface area contributed by atoms with Crippen molar-refractivity contribution in [1.82, 2.24) is 4.72 Å². The van der Waals surface area contributed by atoms with Crippen LogP contribution in [-0.2, 0) is 19.6 Å². The summed E-state index contributed by atoms with van der Waals surface area (Å²) in [5.41, 5.74) is 0.513. The highest BCUT2D eigenvalue weighted by Crippen LogP contribution is 2.28. The molecule has 2 rings (SSSR count). The van der Waals surface area contributed by atoms with Crippen LogP contribution in [0.5, 0.6) is 0 Å². The first-order valence-electron chi connectivity index (χ1n) is 7.98. The lowest BCUT2D eigenvalue weighted by atomic mass is 10.2. The molecule has 0 atom stereocenters. The Labute approximate surface area is 141 Å². The number of aliphatic carboxylic acids is 1. The van der Waals surface area contributed by atoms with Gasteiger partial charge in [-0.2, -0.15) is 0 Å². The topological polar surface area (TPSA) is 113 Å². The van der Waals surface area contributed by atoms with Crippen molar-refractivity contribution >= 4 is 27.6 Å². The van der Waals surface area contributed by atoms with Gasteiger partial charge in [-0.15, -0.1) is 0 Å². The number of rotatable bonds is 10. The van der Waals surface area contributed by atoms with Gasteiger partial charge in [-0.3, -0.25) is 9.59 Å². The lowest BCUT2D eigenvalue weighted by molar-refractivity contribution is -0.137. The van der Waals surface area contributed by atoms with Crippen LogP contribution in [0.4, 0.5) is 5.69 Å². The second kappa shape index (κ2) is 8.25. The normalized spacial score (nSPS) is 14.3. The summed E-state index contributed by atoms with van der Waals surface area (Å²) in [6.07, 6.45) is 3.37. The number of anilines is 1. The van der Waals surface area contributed by atoms with Gasteiger partial charge in [0.25, 0.3) is 0 Å². The van der Waals surface area contributed by atoms with Gasteiger partial charge >= 0.3 is 5.97 Å². The summed E-state index contributed by atoms with van der Waals surface area (Å²) in [6, 6.07) is 5.99. The van der Waals surface area contributed by atoms with Crippen LogP contribution in [0.15, 0.2) is 29.2 Å². The number of carboxylic acid groups (broad SMARTS) is 1. The van der Waals surface area contributed by atoms with Gasteiger partial charge in [0.1, 0.15) is 0 Å². The Hall–Kier alpha value is -1.93. The van der Waals surface area contributed by atoms with Crippen molar-refractivity contribution in [3.63, 3.8) is 0 Å². The van der Waals surface area contributed by atoms with Crippen LogP contribution in [0, 0.1) is 5.92 Å². The third-order valence-electron chi connectivity index (χ3n) is 3.75. The maximum absolute atomic E-state index is 12.1. The van der Waals surface area contributed by atoms with Gasteiger partial charge in [-0.25, -0.2) is 13.1 Å². The van der Waals surface area contributed by atoms with Gasteiger partial charge in [0.05, 0.1) is 4.90 Å². The zero-order chi connectivity index (χ0) is 17.6. The number of sulfonamides is 1. The second-order valence-electron chi connectivity index (χ2n) is 5.97. The van der Waals surface area contributed by atoms with Crippen LogP contribution in [-0.4, -0.2) is 31.9 Å². The number of hydrogen-bond acceptors (Lipinski definition) is 4. The van der Waals surface area contributed by atoms with Crippen LogP contribution in [0.3, 0.4) is 0 Å². The number of benzene rings is 1. The number of carbonyl (C=O) groups excluding carboxylic acids is 1. The molecule has 132 valence electrons. The molecule has 0 bridgehead atoms. The molecule has 1 fully saturated rings. The molecule has 1 amide bonds. The fourth-order valence-corrected chi connectivity index (χ4v) is 3.25. The Balaban J connectivity index is 1.80. The maximum Gasteiger partial charge on any atom is 0.303 e. The Bertz CT molecular complexity index is 681. The molecule has 1 saturated carbocycles. The van der Waals surface area contributed by atoms with E-state index >= 15 is 0 Å². The van der Waals surface area contributed by atoms with Crippen molar-refractivity contribution in [1.29, 1.82) is 0 Å². The number of hydrogen-bond donors (Lipinski definition) is 3. The molecular formula is C16H22N2O5S. The summed E-state index contributed by atoms with van der Waals surface area (Å²) in [6.45, 7) is 0.469. The van der Waals surface area contributed by atoms with Crippen LogP contribution in [0.2, 0.25) is 0 Å². The average molecular weight is 354 g/mol. The summed E-state index contributed by atoms with van der Waals surface area (Å²) < 4.78 is 26.7. The number of carbonyl (C=O) groups is 2. The number of nitrogens with one attached hydrogen (secondary N) is 2. The molecule has 0 spiro atoms. The van der Waals surface area contributed by atoms with Gasteiger partial charge in [0, 0.05) is 25.1 Å². The highest BCUT2D eigenvalue weighted by Gasteiger charge is 2.24. The third kappa shape index (κ3) is 6.29. The second-order valence-corrected chi connectivity index (χ2v) is 7.74. The van der Waals surface area contributed by atoms with E-state index in [-0.39, 0.29) is 23.6 Å². The van der Waals surface area contributed by atoms with Crippen molar-refractivity contribution < 1.29 is 23.1 Å². The van der Waals surface area contributed by atoms with Crippen LogP contribution in [0.1, 0.15) is 38.5 Å². The van der Waals surface area contributed by atoms with Crippen molar-refractivity contribution in [2.75, 3.05) is 11.9 Å². The molecule has 0 heterocycles. The van der Waals surface area contributed by atoms with Gasteiger partial charge in [-0.1, -0.05) is 0 Å². The Morgan fingerprint density at radius 1 is 1.08 bits per heavy atom. The smallest absolute Gasteiger partial charge is 0.303 e. The standard InChI is InChI=1S/C16H22N2O5S/c19-15(3-1-2-4-16(20)21)18-13-7-9-14(10-8-13)24(22,23)17-11-12-5-6-12/h7-10,12,17H,1-6,11H2,(H,18,19)(H,20,21). The summed E-state index contributed by atoms with van der Waals surface area (Å²) in [7, 11) is -3.50. The zero-order valence-electron chi connectivity index (χ0n) is 13.3. The molecule has 8 heteroatoms. The van der Waals surface area contributed by atoms with E-state index in [2.05, 4.69) is 10.0 Å². The minimum Gasteiger partial charge on any atom is -0.481 e. The van der Waals surface area contributed by atoms with Gasteiger partial charge in [0.2, 0.25) is 15.9 Å². The molecule has 0 saturated heterocycles. The molecule has 0 unspecified atom stereocenters. The molecule has 7 nitrogen and oxygen atoms in total. The fraction of sp³-hybridized carbons (Fsp3) is 0.500. The molecule has 0 aliphatic heterocycles. The van der Waals surface area contributed by atoms with Crippen molar-refractivity contribution in [3.8, 4) is 0 Å². The summed E-state index contributed by atoms with van der Waals surface area (Å²) in [5.74, 6) is -0.634. The fourth-order valence-electron chi connectivity index (χ4n) is 2.14. The molecule has 3 N–H and O–H groups in total. The van der Waals surface area contributed by atoms with Crippen LogP contribution >= 0.6 is 0 Å². The first kappa shape index (κ1) is 18.4. The molecule has 0 aromatic heterocycles. The monoisotopic (exact) mass is 354 g/mol. The molecule has 1 aliphatic carbocycles. The van der Waals surface area contributed by atoms with E-state index in [1.807, 2.05) is 0 Å². The lowest BCUT2D eigenvalue weighted by Crippen LogP contribution is -2.25. The number of amides is 1. The van der Waals surface area contributed by atoms with Crippen molar-refractivity contribution in [2.24, 2.45) is 5.92 Å². The van der Waals surface area contributed by atoms with Gasteiger partial charge < -0.3 is 10.4 Å². The maximum atomic E-state index is 12.1. The highest BCUT2D eigenvalue weighted by atomic mass is 32.2. The van der Waals surface area contributed by atoms with E-state index in [4.69, 9.17) is 5.11 Å². The van der Waals surface area contributed by atoms with Crippen LogP contribution in [0.25, 0.3) is 0 Å². The summed E-state index contributed by atoms with van der Waals surface area (Å²) in [5, 5.41) is 11.2. The Morgan fingerprint density at radius 3 is 2.29 bits per heavy atom. The molecule has 1 aromatic carbocycles. The van der Waals surface area contributed by atoms with E-state index in [1.165, 1.54) is 12.1 Å². The minimum absolute atomic E-state index is 0.0493. The summed E-state index contributed by atoms with van der Waals surface area (Å²) in [4.78, 5) is 22.3. The van der Waals surface area contributed by atoms with E-state index in [1.54, 1.807) is 12.1 Å². The van der Waals surface area contributed by atoms with E-state index in [9.17, 15) is 18.0 Å². The Kier molecular flexibility index (Phi) is 6.33. The quantitative estimate of drug-likeness (QED) is 0.556. The predicted molar refractivity (Wildman–Crippen MR) is 89.1 cm³/mol. The molecular weight excluding hydrogens is 332 g/mol. The molecule has 24 heavy (non-hydrogen) atoms. The van der Waals surface area contributed by atoms with E-state index in [0.29, 0.717) is 31.0 Å². The Morgan fingerprint density at radius 2 is 1.71 bits per heavy atom. The third-order valence-corrected chi connectivity index (χ3v) is 5.19. The van der Waals surface area contributed by atoms with Crippen molar-refractivity contribution in [2.45, 2.75) is 43.4 Å².